The van der Waals surface area contributed by atoms with Crippen LogP contribution in [0.15, 0.2) is 18.2 Å². The molecule has 0 aliphatic heterocycles. The van der Waals surface area contributed by atoms with Crippen molar-refractivity contribution in [1.82, 2.24) is 0 Å². The molecule has 1 aromatic rings. The van der Waals surface area contributed by atoms with E-state index in [-0.39, 0.29) is 17.5 Å². The van der Waals surface area contributed by atoms with Crippen molar-refractivity contribution in [1.29, 1.82) is 0 Å². The van der Waals surface area contributed by atoms with E-state index >= 15 is 0 Å². The predicted octanol–water partition coefficient (Wildman–Crippen LogP) is 3.32. The fourth-order valence-corrected chi connectivity index (χ4v) is 2.07. The molecular formula is C11H10ClFO. The van der Waals surface area contributed by atoms with Gasteiger partial charge in [-0.2, -0.15) is 0 Å². The van der Waals surface area contributed by atoms with Crippen molar-refractivity contribution in [2.75, 3.05) is 0 Å². The number of rotatable bonds is 1. The van der Waals surface area contributed by atoms with Gasteiger partial charge in [0.2, 0.25) is 0 Å². The normalized spacial score (nSPS) is 21.6. The van der Waals surface area contributed by atoms with Crippen molar-refractivity contribution >= 4 is 17.4 Å². The molecule has 1 aliphatic rings. The Labute approximate surface area is 86.9 Å². The zero-order chi connectivity index (χ0) is 10.1. The summed E-state index contributed by atoms with van der Waals surface area (Å²) in [5.74, 6) is -0.0127. The Bertz CT molecular complexity index is 376. The van der Waals surface area contributed by atoms with Crippen molar-refractivity contribution in [3.8, 4) is 0 Å². The predicted molar refractivity (Wildman–Crippen MR) is 53.0 cm³/mol. The van der Waals surface area contributed by atoms with E-state index in [1.807, 2.05) is 0 Å². The van der Waals surface area contributed by atoms with Crippen molar-refractivity contribution in [2.24, 2.45) is 0 Å². The average molecular weight is 213 g/mol. The van der Waals surface area contributed by atoms with Crippen molar-refractivity contribution < 1.29 is 9.18 Å². The van der Waals surface area contributed by atoms with Crippen LogP contribution in [0.2, 0.25) is 5.02 Å². The summed E-state index contributed by atoms with van der Waals surface area (Å²) in [6, 6.07) is 4.66. The number of carbonyl (C=O) groups is 1. The summed E-state index contributed by atoms with van der Waals surface area (Å²) in [6.07, 6.45) is 1.81. The lowest BCUT2D eigenvalue weighted by Gasteiger charge is -2.09. The van der Waals surface area contributed by atoms with Crippen molar-refractivity contribution in [3.05, 3.63) is 34.6 Å². The fraction of sp³-hybridized carbons (Fsp3) is 0.364. The minimum atomic E-state index is -0.294. The summed E-state index contributed by atoms with van der Waals surface area (Å²) in [7, 11) is 0. The van der Waals surface area contributed by atoms with E-state index in [0.717, 1.165) is 6.42 Å². The third-order valence-electron chi connectivity index (χ3n) is 2.65. The highest BCUT2D eigenvalue weighted by atomic mass is 35.5. The highest BCUT2D eigenvalue weighted by Gasteiger charge is 2.25. The first-order valence-electron chi connectivity index (χ1n) is 4.63. The van der Waals surface area contributed by atoms with Gasteiger partial charge in [0.05, 0.1) is 0 Å². The first kappa shape index (κ1) is 9.66. The first-order chi connectivity index (χ1) is 6.66. The average Bonchev–Trinajstić information content (AvgIpc) is 2.51. The lowest BCUT2D eigenvalue weighted by atomic mass is 9.97. The van der Waals surface area contributed by atoms with Crippen LogP contribution < -0.4 is 0 Å². The molecule has 2 rings (SSSR count). The molecule has 1 atom stereocenters. The molecule has 0 aromatic heterocycles. The second kappa shape index (κ2) is 3.70. The zero-order valence-corrected chi connectivity index (χ0v) is 8.35. The highest BCUT2D eigenvalue weighted by Crippen LogP contribution is 2.34. The Morgan fingerprint density at radius 2 is 2.21 bits per heavy atom. The summed E-state index contributed by atoms with van der Waals surface area (Å²) in [5.41, 5.74) is 0.625. The minimum absolute atomic E-state index is 0.0553. The van der Waals surface area contributed by atoms with Gasteiger partial charge in [-0.05, 0) is 30.0 Å². The van der Waals surface area contributed by atoms with E-state index in [9.17, 15) is 9.18 Å². The summed E-state index contributed by atoms with van der Waals surface area (Å²) in [4.78, 5) is 11.1. The summed E-state index contributed by atoms with van der Waals surface area (Å²) in [5, 5.41) is 0.399. The molecular weight excluding hydrogens is 203 g/mol. The van der Waals surface area contributed by atoms with E-state index < -0.39 is 0 Å². The standard InChI is InChI=1S/C11H10ClFO/c12-8-2-4-10(11(13)6-8)7-1-3-9(14)5-7/h2,4,6-7H,1,3,5H2. The number of ketones is 1. The maximum Gasteiger partial charge on any atom is 0.133 e. The van der Waals surface area contributed by atoms with Crippen LogP contribution in [0.5, 0.6) is 0 Å². The number of carbonyl (C=O) groups excluding carboxylic acids is 1. The van der Waals surface area contributed by atoms with E-state index in [2.05, 4.69) is 0 Å². The molecule has 0 saturated heterocycles. The second-order valence-electron chi connectivity index (χ2n) is 3.64. The summed E-state index contributed by atoms with van der Waals surface area (Å²) < 4.78 is 13.4. The molecule has 1 fully saturated rings. The third kappa shape index (κ3) is 1.80. The summed E-state index contributed by atoms with van der Waals surface area (Å²) >= 11 is 5.65. The molecule has 0 amide bonds. The van der Waals surface area contributed by atoms with Crippen molar-refractivity contribution in [2.45, 2.75) is 25.2 Å². The lowest BCUT2D eigenvalue weighted by molar-refractivity contribution is -0.117. The molecule has 0 heterocycles. The molecule has 0 spiro atoms. The third-order valence-corrected chi connectivity index (χ3v) is 2.88. The molecule has 1 nitrogen and oxygen atoms in total. The number of Topliss-reactive ketones (excluding diaryl/α,β-unsaturated/α-hetero) is 1. The monoisotopic (exact) mass is 212 g/mol. The fourth-order valence-electron chi connectivity index (χ4n) is 1.91. The topological polar surface area (TPSA) is 17.1 Å². The van der Waals surface area contributed by atoms with E-state index in [1.165, 1.54) is 6.07 Å². The van der Waals surface area contributed by atoms with Gasteiger partial charge in [-0.3, -0.25) is 4.79 Å². The van der Waals surface area contributed by atoms with Crippen LogP contribution >= 0.6 is 11.6 Å². The Morgan fingerprint density at radius 1 is 1.43 bits per heavy atom. The van der Waals surface area contributed by atoms with E-state index in [4.69, 9.17) is 11.6 Å². The Hall–Kier alpha value is -0.890. The second-order valence-corrected chi connectivity index (χ2v) is 4.08. The highest BCUT2D eigenvalue weighted by molar-refractivity contribution is 6.30. The van der Waals surface area contributed by atoms with Gasteiger partial charge in [0, 0.05) is 17.9 Å². The molecule has 1 unspecified atom stereocenters. The van der Waals surface area contributed by atoms with Crippen LogP contribution in [0.25, 0.3) is 0 Å². The quantitative estimate of drug-likeness (QED) is 0.698. The molecule has 1 aromatic carbocycles. The molecule has 14 heavy (non-hydrogen) atoms. The lowest BCUT2D eigenvalue weighted by Crippen LogP contribution is -1.97. The number of hydrogen-bond donors (Lipinski definition) is 0. The SMILES string of the molecule is O=C1CCC(c2ccc(Cl)cc2F)C1. The Morgan fingerprint density at radius 3 is 2.79 bits per heavy atom. The maximum atomic E-state index is 13.4. The van der Waals surface area contributed by atoms with Crippen LogP contribution in [0.4, 0.5) is 4.39 Å². The van der Waals surface area contributed by atoms with Crippen LogP contribution in [0.3, 0.4) is 0 Å². The molecule has 3 heteroatoms. The molecule has 1 saturated carbocycles. The summed E-state index contributed by atoms with van der Waals surface area (Å²) in [6.45, 7) is 0. The smallest absolute Gasteiger partial charge is 0.133 e. The molecule has 1 aliphatic carbocycles. The maximum absolute atomic E-state index is 13.4. The van der Waals surface area contributed by atoms with E-state index in [0.29, 0.717) is 23.4 Å². The molecule has 0 bridgehead atoms. The van der Waals surface area contributed by atoms with Crippen LogP contribution in [-0.4, -0.2) is 5.78 Å². The van der Waals surface area contributed by atoms with Crippen LogP contribution in [0, 0.1) is 5.82 Å². The van der Waals surface area contributed by atoms with Gasteiger partial charge >= 0.3 is 0 Å². The molecule has 74 valence electrons. The van der Waals surface area contributed by atoms with Gasteiger partial charge in [-0.15, -0.1) is 0 Å². The molecule has 0 N–H and O–H groups in total. The van der Waals surface area contributed by atoms with Crippen molar-refractivity contribution in [3.63, 3.8) is 0 Å². The van der Waals surface area contributed by atoms with Gasteiger partial charge < -0.3 is 0 Å². The van der Waals surface area contributed by atoms with Gasteiger partial charge in [0.25, 0.3) is 0 Å². The Balaban J connectivity index is 2.28. The van der Waals surface area contributed by atoms with Gasteiger partial charge in [-0.1, -0.05) is 17.7 Å². The number of hydrogen-bond acceptors (Lipinski definition) is 1. The van der Waals surface area contributed by atoms with E-state index in [1.54, 1.807) is 12.1 Å². The zero-order valence-electron chi connectivity index (χ0n) is 7.59. The number of benzene rings is 1. The van der Waals surface area contributed by atoms with Gasteiger partial charge in [0.15, 0.2) is 0 Å². The first-order valence-corrected chi connectivity index (χ1v) is 5.01. The van der Waals surface area contributed by atoms with Gasteiger partial charge in [0.1, 0.15) is 11.6 Å². The largest absolute Gasteiger partial charge is 0.300 e. The van der Waals surface area contributed by atoms with Gasteiger partial charge in [-0.25, -0.2) is 4.39 Å². The Kier molecular flexibility index (Phi) is 2.55. The number of halogens is 2. The minimum Gasteiger partial charge on any atom is -0.300 e. The molecule has 0 radical (unpaired) electrons. The van der Waals surface area contributed by atoms with Crippen LogP contribution in [0.1, 0.15) is 30.7 Å². The van der Waals surface area contributed by atoms with Crippen LogP contribution in [-0.2, 0) is 4.79 Å².